The van der Waals surface area contributed by atoms with Gasteiger partial charge in [-0.15, -0.1) is 0 Å². The molecule has 1 aliphatic rings. The lowest BCUT2D eigenvalue weighted by Gasteiger charge is -2.45. The third-order valence-corrected chi connectivity index (χ3v) is 4.54. The van der Waals surface area contributed by atoms with Gasteiger partial charge < -0.3 is 20.1 Å². The molecule has 2 unspecified atom stereocenters. The zero-order valence-electron chi connectivity index (χ0n) is 16.0. The molecule has 1 saturated heterocycles. The van der Waals surface area contributed by atoms with Crippen molar-refractivity contribution in [1.29, 1.82) is 0 Å². The van der Waals surface area contributed by atoms with Crippen molar-refractivity contribution < 1.29 is 14.3 Å². The zero-order chi connectivity index (χ0) is 18.4. The number of benzene rings is 1. The minimum absolute atomic E-state index is 0.125. The van der Waals surface area contributed by atoms with Crippen molar-refractivity contribution in [3.05, 3.63) is 29.8 Å². The second kappa shape index (κ2) is 8.54. The van der Waals surface area contributed by atoms with Crippen LogP contribution in [0.3, 0.4) is 0 Å². The third kappa shape index (κ3) is 5.90. The lowest BCUT2D eigenvalue weighted by molar-refractivity contribution is -0.0947. The number of rotatable bonds is 6. The van der Waals surface area contributed by atoms with Gasteiger partial charge in [-0.05, 0) is 45.4 Å². The van der Waals surface area contributed by atoms with E-state index in [1.807, 2.05) is 24.3 Å². The van der Waals surface area contributed by atoms with Crippen molar-refractivity contribution in [3.63, 3.8) is 0 Å². The lowest BCUT2D eigenvalue weighted by atomic mass is 10.00. The second-order valence-corrected chi connectivity index (χ2v) is 7.36. The van der Waals surface area contributed by atoms with Crippen molar-refractivity contribution in [2.24, 2.45) is 0 Å². The molecule has 1 heterocycles. The minimum atomic E-state index is -0.162. The number of nitrogens with zero attached hydrogens (tertiary/aromatic N) is 1. The molecular weight excluding hydrogens is 318 g/mol. The summed E-state index contributed by atoms with van der Waals surface area (Å²) in [4.78, 5) is 14.5. The Morgan fingerprint density at radius 2 is 1.96 bits per heavy atom. The molecule has 0 aliphatic carbocycles. The average molecular weight is 349 g/mol. The SMILES string of the molecule is COc1cccc(CNC(=O)NCC(C)(C)N2CC(C)OC(C)C2)c1. The molecule has 25 heavy (non-hydrogen) atoms. The monoisotopic (exact) mass is 349 g/mol. The fourth-order valence-electron chi connectivity index (χ4n) is 3.11. The summed E-state index contributed by atoms with van der Waals surface area (Å²) in [6.07, 6.45) is 0.426. The Balaban J connectivity index is 1.80. The van der Waals surface area contributed by atoms with Crippen LogP contribution in [0.1, 0.15) is 33.3 Å². The summed E-state index contributed by atoms with van der Waals surface area (Å²) in [5.41, 5.74) is 0.879. The van der Waals surface area contributed by atoms with E-state index in [9.17, 15) is 4.79 Å². The van der Waals surface area contributed by atoms with Crippen molar-refractivity contribution in [1.82, 2.24) is 15.5 Å². The molecule has 0 aromatic heterocycles. The van der Waals surface area contributed by atoms with Gasteiger partial charge in [0, 0.05) is 31.7 Å². The van der Waals surface area contributed by atoms with Crippen LogP contribution >= 0.6 is 0 Å². The van der Waals surface area contributed by atoms with Crippen LogP contribution in [0.4, 0.5) is 4.79 Å². The van der Waals surface area contributed by atoms with Gasteiger partial charge in [0.25, 0.3) is 0 Å². The van der Waals surface area contributed by atoms with Gasteiger partial charge in [-0.3, -0.25) is 4.90 Å². The predicted molar refractivity (Wildman–Crippen MR) is 98.9 cm³/mol. The Morgan fingerprint density at radius 1 is 1.28 bits per heavy atom. The van der Waals surface area contributed by atoms with E-state index in [-0.39, 0.29) is 23.8 Å². The molecule has 6 heteroatoms. The van der Waals surface area contributed by atoms with E-state index < -0.39 is 0 Å². The highest BCUT2D eigenvalue weighted by molar-refractivity contribution is 5.73. The highest BCUT2D eigenvalue weighted by Crippen LogP contribution is 2.20. The number of amides is 2. The molecule has 0 spiro atoms. The topological polar surface area (TPSA) is 62.8 Å². The molecule has 6 nitrogen and oxygen atoms in total. The number of nitrogens with one attached hydrogen (secondary N) is 2. The molecular formula is C19H31N3O3. The summed E-state index contributed by atoms with van der Waals surface area (Å²) < 4.78 is 11.0. The largest absolute Gasteiger partial charge is 0.497 e. The highest BCUT2D eigenvalue weighted by atomic mass is 16.5. The quantitative estimate of drug-likeness (QED) is 0.828. The molecule has 1 aliphatic heterocycles. The fraction of sp³-hybridized carbons (Fsp3) is 0.632. The molecule has 0 bridgehead atoms. The Hall–Kier alpha value is -1.79. The van der Waals surface area contributed by atoms with Gasteiger partial charge in [0.1, 0.15) is 5.75 Å². The smallest absolute Gasteiger partial charge is 0.315 e. The maximum absolute atomic E-state index is 12.1. The number of carbonyl (C=O) groups excluding carboxylic acids is 1. The van der Waals surface area contributed by atoms with Crippen LogP contribution in [-0.2, 0) is 11.3 Å². The summed E-state index contributed by atoms with van der Waals surface area (Å²) in [5, 5.41) is 5.88. The van der Waals surface area contributed by atoms with Gasteiger partial charge in [-0.25, -0.2) is 4.79 Å². The van der Waals surface area contributed by atoms with Gasteiger partial charge in [0.15, 0.2) is 0 Å². The fourth-order valence-corrected chi connectivity index (χ4v) is 3.11. The van der Waals surface area contributed by atoms with Crippen LogP contribution in [-0.4, -0.2) is 55.4 Å². The van der Waals surface area contributed by atoms with Crippen molar-refractivity contribution >= 4 is 6.03 Å². The molecule has 0 radical (unpaired) electrons. The van der Waals surface area contributed by atoms with E-state index in [1.54, 1.807) is 7.11 Å². The first kappa shape index (κ1) is 19.5. The molecule has 0 saturated carbocycles. The Kier molecular flexibility index (Phi) is 6.67. The first-order chi connectivity index (χ1) is 11.8. The molecule has 1 aromatic carbocycles. The van der Waals surface area contributed by atoms with Crippen LogP contribution in [0.2, 0.25) is 0 Å². The summed E-state index contributed by atoms with van der Waals surface area (Å²) in [5.74, 6) is 0.788. The zero-order valence-corrected chi connectivity index (χ0v) is 16.0. The van der Waals surface area contributed by atoms with E-state index in [0.29, 0.717) is 13.1 Å². The van der Waals surface area contributed by atoms with Crippen LogP contribution < -0.4 is 15.4 Å². The van der Waals surface area contributed by atoms with Crippen molar-refractivity contribution in [3.8, 4) is 5.75 Å². The van der Waals surface area contributed by atoms with E-state index in [2.05, 4.69) is 43.2 Å². The number of morpholine rings is 1. The summed E-state index contributed by atoms with van der Waals surface area (Å²) in [6.45, 7) is 11.3. The molecule has 2 atom stereocenters. The normalized spacial score (nSPS) is 21.6. The van der Waals surface area contributed by atoms with E-state index in [0.717, 1.165) is 24.4 Å². The Labute approximate surface area is 150 Å². The first-order valence-corrected chi connectivity index (χ1v) is 8.85. The van der Waals surface area contributed by atoms with Gasteiger partial charge in [0.2, 0.25) is 0 Å². The Morgan fingerprint density at radius 3 is 2.60 bits per heavy atom. The molecule has 140 valence electrons. The predicted octanol–water partition coefficient (Wildman–Crippen LogP) is 2.38. The van der Waals surface area contributed by atoms with E-state index in [4.69, 9.17) is 9.47 Å². The molecule has 2 rings (SSSR count). The van der Waals surface area contributed by atoms with Crippen LogP contribution in [0.5, 0.6) is 5.75 Å². The van der Waals surface area contributed by atoms with Gasteiger partial charge >= 0.3 is 6.03 Å². The second-order valence-electron chi connectivity index (χ2n) is 7.36. The molecule has 2 amide bonds. The van der Waals surface area contributed by atoms with Crippen LogP contribution in [0.15, 0.2) is 24.3 Å². The number of urea groups is 1. The third-order valence-electron chi connectivity index (χ3n) is 4.54. The molecule has 1 fully saturated rings. The number of ether oxygens (including phenoxy) is 2. The van der Waals surface area contributed by atoms with E-state index in [1.165, 1.54) is 0 Å². The van der Waals surface area contributed by atoms with Crippen molar-refractivity contribution in [2.45, 2.75) is 52.0 Å². The van der Waals surface area contributed by atoms with Crippen molar-refractivity contribution in [2.75, 3.05) is 26.7 Å². The standard InChI is InChI=1S/C19H31N3O3/c1-14-11-22(12-15(2)25-14)19(3,4)13-21-18(23)20-10-16-7-6-8-17(9-16)24-5/h6-9,14-15H,10-13H2,1-5H3,(H2,20,21,23). The first-order valence-electron chi connectivity index (χ1n) is 8.85. The highest BCUT2D eigenvalue weighted by Gasteiger charge is 2.33. The average Bonchev–Trinajstić information content (AvgIpc) is 2.57. The molecule has 1 aromatic rings. The number of hydrogen-bond acceptors (Lipinski definition) is 4. The summed E-state index contributed by atoms with van der Waals surface area (Å²) in [7, 11) is 1.63. The number of hydrogen-bond donors (Lipinski definition) is 2. The van der Waals surface area contributed by atoms with Crippen LogP contribution in [0, 0.1) is 0 Å². The maximum Gasteiger partial charge on any atom is 0.315 e. The van der Waals surface area contributed by atoms with E-state index >= 15 is 0 Å². The van der Waals surface area contributed by atoms with Gasteiger partial charge in [0.05, 0.1) is 19.3 Å². The maximum atomic E-state index is 12.1. The minimum Gasteiger partial charge on any atom is -0.497 e. The molecule has 2 N–H and O–H groups in total. The number of carbonyl (C=O) groups is 1. The number of methoxy groups -OCH3 is 1. The Bertz CT molecular complexity index is 567. The summed E-state index contributed by atoms with van der Waals surface area (Å²) in [6, 6.07) is 7.52. The van der Waals surface area contributed by atoms with Gasteiger partial charge in [-0.1, -0.05) is 12.1 Å². The van der Waals surface area contributed by atoms with Gasteiger partial charge in [-0.2, -0.15) is 0 Å². The van der Waals surface area contributed by atoms with Crippen LogP contribution in [0.25, 0.3) is 0 Å². The summed E-state index contributed by atoms with van der Waals surface area (Å²) >= 11 is 0. The lowest BCUT2D eigenvalue weighted by Crippen LogP contribution is -2.59.